The molecule has 1 aliphatic rings. The molecule has 2 aromatic rings. The van der Waals surface area contributed by atoms with Crippen molar-refractivity contribution in [1.82, 2.24) is 0 Å². The Morgan fingerprint density at radius 2 is 1.97 bits per heavy atom. The third-order valence-corrected chi connectivity index (χ3v) is 3.91. The van der Waals surface area contributed by atoms with E-state index >= 15 is 0 Å². The van der Waals surface area contributed by atoms with Crippen LogP contribution in [0.3, 0.4) is 0 Å². The summed E-state index contributed by atoms with van der Waals surface area (Å²) >= 11 is 0. The van der Waals surface area contributed by atoms with Crippen molar-refractivity contribution in [2.75, 3.05) is 13.7 Å². The van der Waals surface area contributed by atoms with Crippen LogP contribution in [-0.4, -0.2) is 30.5 Å². The smallest absolute Gasteiger partial charge is 0.363 e. The van der Waals surface area contributed by atoms with Gasteiger partial charge in [-0.3, -0.25) is 10.1 Å². The zero-order valence-electron chi connectivity index (χ0n) is 15.9. The largest absolute Gasteiger partial charge is 0.493 e. The van der Waals surface area contributed by atoms with E-state index in [9.17, 15) is 14.9 Å². The molecule has 29 heavy (non-hydrogen) atoms. The number of hydrogen-bond donors (Lipinski definition) is 0. The van der Waals surface area contributed by atoms with Crippen LogP contribution in [0.15, 0.2) is 65.3 Å². The number of hydrogen-bond acceptors (Lipinski definition) is 7. The molecule has 0 spiro atoms. The second-order valence-electron chi connectivity index (χ2n) is 6.30. The lowest BCUT2D eigenvalue weighted by atomic mass is 10.1. The summed E-state index contributed by atoms with van der Waals surface area (Å²) < 4.78 is 16.1. The third-order valence-electron chi connectivity index (χ3n) is 3.91. The van der Waals surface area contributed by atoms with Crippen LogP contribution in [-0.2, 0) is 9.53 Å². The maximum atomic E-state index is 12.2. The number of non-ortho nitro benzene ring substituents is 1. The highest BCUT2D eigenvalue weighted by molar-refractivity contribution is 6.12. The van der Waals surface area contributed by atoms with Gasteiger partial charge in [-0.15, -0.1) is 0 Å². The first-order valence-corrected chi connectivity index (χ1v) is 8.60. The van der Waals surface area contributed by atoms with E-state index in [2.05, 4.69) is 11.6 Å². The molecule has 0 N–H and O–H groups in total. The summed E-state index contributed by atoms with van der Waals surface area (Å²) in [5, 5.41) is 10.7. The predicted octanol–water partition coefficient (Wildman–Crippen LogP) is 3.90. The lowest BCUT2D eigenvalue weighted by Gasteiger charge is -2.11. The molecule has 0 unspecified atom stereocenters. The van der Waals surface area contributed by atoms with Crippen LogP contribution in [0.1, 0.15) is 18.1 Å². The standard InChI is InChI=1S/C21H18N2O6/c1-13(2)12-28-18-9-4-14(11-19(18)27-3)10-17-21(24)29-20(22-17)15-5-7-16(8-6-15)23(25)26/h4-11H,1,12H2,2-3H3/b17-10-. The lowest BCUT2D eigenvalue weighted by Crippen LogP contribution is -2.05. The van der Waals surface area contributed by atoms with E-state index in [1.165, 1.54) is 31.4 Å². The highest BCUT2D eigenvalue weighted by atomic mass is 16.6. The SMILES string of the molecule is C=C(C)COc1ccc(/C=C2\N=C(c3ccc([N+](=O)[O-])cc3)OC2=O)cc1OC. The molecule has 0 atom stereocenters. The lowest BCUT2D eigenvalue weighted by molar-refractivity contribution is -0.384. The van der Waals surface area contributed by atoms with Gasteiger partial charge in [-0.25, -0.2) is 9.79 Å². The van der Waals surface area contributed by atoms with Crippen molar-refractivity contribution in [1.29, 1.82) is 0 Å². The van der Waals surface area contributed by atoms with Gasteiger partial charge in [0.1, 0.15) is 6.61 Å². The summed E-state index contributed by atoms with van der Waals surface area (Å²) in [6, 6.07) is 10.8. The quantitative estimate of drug-likeness (QED) is 0.232. The molecule has 148 valence electrons. The van der Waals surface area contributed by atoms with Crippen LogP contribution >= 0.6 is 0 Å². The number of esters is 1. The van der Waals surface area contributed by atoms with Crippen molar-refractivity contribution in [3.05, 3.63) is 81.6 Å². The molecular formula is C21H18N2O6. The molecule has 1 aliphatic heterocycles. The molecule has 0 fully saturated rings. The molecule has 3 rings (SSSR count). The normalized spacial score (nSPS) is 14.3. The number of cyclic esters (lactones) is 1. The van der Waals surface area contributed by atoms with E-state index < -0.39 is 10.9 Å². The number of nitro groups is 1. The van der Waals surface area contributed by atoms with Gasteiger partial charge in [0.2, 0.25) is 5.90 Å². The van der Waals surface area contributed by atoms with E-state index in [-0.39, 0.29) is 17.3 Å². The van der Waals surface area contributed by atoms with Crippen LogP contribution in [0.5, 0.6) is 11.5 Å². The topological polar surface area (TPSA) is 100 Å². The molecule has 0 radical (unpaired) electrons. The Hall–Kier alpha value is -3.94. The highest BCUT2D eigenvalue weighted by Crippen LogP contribution is 2.30. The maximum absolute atomic E-state index is 12.2. The molecule has 0 aliphatic carbocycles. The Kier molecular flexibility index (Phi) is 5.73. The van der Waals surface area contributed by atoms with Gasteiger partial charge in [-0.05, 0) is 48.4 Å². The van der Waals surface area contributed by atoms with Gasteiger partial charge in [0.05, 0.1) is 12.0 Å². The zero-order valence-corrected chi connectivity index (χ0v) is 15.9. The Morgan fingerprint density at radius 1 is 1.24 bits per heavy atom. The molecule has 0 saturated carbocycles. The zero-order chi connectivity index (χ0) is 21.0. The maximum Gasteiger partial charge on any atom is 0.363 e. The summed E-state index contributed by atoms with van der Waals surface area (Å²) in [6.45, 7) is 6.02. The fourth-order valence-corrected chi connectivity index (χ4v) is 2.51. The molecule has 8 heteroatoms. The highest BCUT2D eigenvalue weighted by Gasteiger charge is 2.24. The van der Waals surface area contributed by atoms with E-state index in [0.717, 1.165) is 5.57 Å². The molecule has 0 bridgehead atoms. The van der Waals surface area contributed by atoms with Crippen LogP contribution in [0.2, 0.25) is 0 Å². The molecule has 2 aromatic carbocycles. The second kappa shape index (κ2) is 8.39. The minimum Gasteiger partial charge on any atom is -0.493 e. The van der Waals surface area contributed by atoms with Gasteiger partial charge in [-0.2, -0.15) is 0 Å². The van der Waals surface area contributed by atoms with Crippen LogP contribution < -0.4 is 9.47 Å². The van der Waals surface area contributed by atoms with Crippen molar-refractivity contribution in [2.45, 2.75) is 6.92 Å². The number of methoxy groups -OCH3 is 1. The van der Waals surface area contributed by atoms with Gasteiger partial charge >= 0.3 is 5.97 Å². The molecule has 1 heterocycles. The van der Waals surface area contributed by atoms with Gasteiger partial charge in [-0.1, -0.05) is 12.6 Å². The Labute approximate surface area is 166 Å². The minimum absolute atomic E-state index is 0.0597. The van der Waals surface area contributed by atoms with Crippen molar-refractivity contribution in [3.8, 4) is 11.5 Å². The van der Waals surface area contributed by atoms with E-state index in [1.807, 2.05) is 6.92 Å². The van der Waals surface area contributed by atoms with Crippen LogP contribution in [0.25, 0.3) is 6.08 Å². The number of carbonyl (C=O) groups excluding carboxylic acids is 1. The monoisotopic (exact) mass is 394 g/mol. The number of rotatable bonds is 7. The molecular weight excluding hydrogens is 376 g/mol. The van der Waals surface area contributed by atoms with Crippen LogP contribution in [0, 0.1) is 10.1 Å². The summed E-state index contributed by atoms with van der Waals surface area (Å²) in [4.78, 5) is 26.6. The van der Waals surface area contributed by atoms with Crippen molar-refractivity contribution in [2.24, 2.45) is 4.99 Å². The Morgan fingerprint density at radius 3 is 2.59 bits per heavy atom. The fraction of sp³-hybridized carbons (Fsp3) is 0.143. The van der Waals surface area contributed by atoms with Gasteiger partial charge in [0, 0.05) is 17.7 Å². The molecule has 0 aromatic heterocycles. The fourth-order valence-electron chi connectivity index (χ4n) is 2.51. The number of ether oxygens (including phenoxy) is 3. The average Bonchev–Trinajstić information content (AvgIpc) is 3.07. The molecule has 0 saturated heterocycles. The van der Waals surface area contributed by atoms with Crippen molar-refractivity contribution in [3.63, 3.8) is 0 Å². The van der Waals surface area contributed by atoms with Crippen LogP contribution in [0.4, 0.5) is 5.69 Å². The number of nitro benzene ring substituents is 1. The first kappa shape index (κ1) is 19.8. The number of carbonyl (C=O) groups is 1. The first-order chi connectivity index (χ1) is 13.9. The van der Waals surface area contributed by atoms with E-state index in [1.54, 1.807) is 24.3 Å². The van der Waals surface area contributed by atoms with Crippen molar-refractivity contribution >= 4 is 23.6 Å². The first-order valence-electron chi connectivity index (χ1n) is 8.60. The Bertz CT molecular complexity index is 1040. The number of nitrogens with zero attached hydrogens (tertiary/aromatic N) is 2. The number of aliphatic imine (C=N–C) groups is 1. The molecule has 8 nitrogen and oxygen atoms in total. The Balaban J connectivity index is 1.84. The number of benzene rings is 2. The second-order valence-corrected chi connectivity index (χ2v) is 6.30. The van der Waals surface area contributed by atoms with Gasteiger partial charge in [0.25, 0.3) is 5.69 Å². The predicted molar refractivity (Wildman–Crippen MR) is 107 cm³/mol. The van der Waals surface area contributed by atoms with E-state index in [0.29, 0.717) is 29.2 Å². The van der Waals surface area contributed by atoms with Gasteiger partial charge < -0.3 is 14.2 Å². The van der Waals surface area contributed by atoms with E-state index in [4.69, 9.17) is 14.2 Å². The average molecular weight is 394 g/mol. The summed E-state index contributed by atoms with van der Waals surface area (Å²) in [7, 11) is 1.52. The van der Waals surface area contributed by atoms with Gasteiger partial charge in [0.15, 0.2) is 17.2 Å². The molecule has 0 amide bonds. The summed E-state index contributed by atoms with van der Waals surface area (Å²) in [5.74, 6) is 0.540. The summed E-state index contributed by atoms with van der Waals surface area (Å²) in [6.07, 6.45) is 1.56. The summed E-state index contributed by atoms with van der Waals surface area (Å²) in [5.41, 5.74) is 2.06. The van der Waals surface area contributed by atoms with Crippen molar-refractivity contribution < 1.29 is 23.9 Å². The minimum atomic E-state index is -0.611. The third kappa shape index (κ3) is 4.67.